The van der Waals surface area contributed by atoms with Crippen LogP contribution in [0, 0.1) is 5.82 Å². The topological polar surface area (TPSA) is 0 Å². The first kappa shape index (κ1) is 10.7. The largest absolute Gasteiger partial charge is 0.207 e. The normalized spacial score (nSPS) is 12.2. The molecule has 14 heavy (non-hydrogen) atoms. The van der Waals surface area contributed by atoms with Crippen molar-refractivity contribution >= 4 is 5.57 Å². The summed E-state index contributed by atoms with van der Waals surface area (Å²) in [4.78, 5) is 0. The van der Waals surface area contributed by atoms with Gasteiger partial charge in [0.05, 0.1) is 0 Å². The van der Waals surface area contributed by atoms with E-state index in [1.54, 1.807) is 12.1 Å². The summed E-state index contributed by atoms with van der Waals surface area (Å²) in [6, 6.07) is 6.55. The molecule has 0 aliphatic heterocycles. The van der Waals surface area contributed by atoms with Crippen molar-refractivity contribution in [2.75, 3.05) is 0 Å². The number of hydrogen-bond donors (Lipinski definition) is 0. The van der Waals surface area contributed by atoms with Gasteiger partial charge in [-0.3, -0.25) is 0 Å². The smallest absolute Gasteiger partial charge is 0.123 e. The molecule has 0 radical (unpaired) electrons. The van der Waals surface area contributed by atoms with E-state index in [4.69, 9.17) is 0 Å². The van der Waals surface area contributed by atoms with Crippen molar-refractivity contribution in [3.05, 3.63) is 53.9 Å². The Morgan fingerprint density at radius 2 is 1.93 bits per heavy atom. The SMILES string of the molecule is C=C/C(CC)=C(\C)c1ccc(F)cc1. The molecule has 0 fully saturated rings. The van der Waals surface area contributed by atoms with E-state index in [0.717, 1.165) is 12.0 Å². The zero-order valence-corrected chi connectivity index (χ0v) is 8.68. The van der Waals surface area contributed by atoms with Crippen LogP contribution >= 0.6 is 0 Å². The van der Waals surface area contributed by atoms with Crippen LogP contribution in [0.2, 0.25) is 0 Å². The standard InChI is InChI=1S/C13H15F/c1-4-11(5-2)10(3)12-6-8-13(14)9-7-12/h4,6-9H,1,5H2,2-3H3/b11-10-. The first-order chi connectivity index (χ1) is 6.69. The van der Waals surface area contributed by atoms with E-state index < -0.39 is 0 Å². The summed E-state index contributed by atoms with van der Waals surface area (Å²) in [5.41, 5.74) is 3.43. The number of rotatable bonds is 3. The summed E-state index contributed by atoms with van der Waals surface area (Å²) in [5.74, 6) is -0.196. The molecule has 0 aliphatic rings. The second-order valence-electron chi connectivity index (χ2n) is 3.21. The molecule has 0 bridgehead atoms. The zero-order valence-electron chi connectivity index (χ0n) is 8.68. The van der Waals surface area contributed by atoms with E-state index in [-0.39, 0.29) is 5.82 Å². The average molecular weight is 190 g/mol. The summed E-state index contributed by atoms with van der Waals surface area (Å²) in [5, 5.41) is 0. The van der Waals surface area contributed by atoms with Gasteiger partial charge in [-0.1, -0.05) is 31.7 Å². The molecule has 1 heteroatoms. The van der Waals surface area contributed by atoms with Crippen molar-refractivity contribution in [1.29, 1.82) is 0 Å². The van der Waals surface area contributed by atoms with Gasteiger partial charge in [0.2, 0.25) is 0 Å². The van der Waals surface area contributed by atoms with Crippen molar-refractivity contribution < 1.29 is 4.39 Å². The molecule has 74 valence electrons. The van der Waals surface area contributed by atoms with Crippen molar-refractivity contribution in [1.82, 2.24) is 0 Å². The summed E-state index contributed by atoms with van der Waals surface area (Å²) >= 11 is 0. The Hall–Kier alpha value is -1.37. The van der Waals surface area contributed by atoms with Crippen LogP contribution in [0.5, 0.6) is 0 Å². The fraction of sp³-hybridized carbons (Fsp3) is 0.231. The lowest BCUT2D eigenvalue weighted by molar-refractivity contribution is 0.627. The van der Waals surface area contributed by atoms with Gasteiger partial charge in [-0.25, -0.2) is 4.39 Å². The van der Waals surface area contributed by atoms with Gasteiger partial charge in [0.25, 0.3) is 0 Å². The quantitative estimate of drug-likeness (QED) is 0.627. The maximum Gasteiger partial charge on any atom is 0.123 e. The highest BCUT2D eigenvalue weighted by Gasteiger charge is 2.00. The molecule has 0 aliphatic carbocycles. The van der Waals surface area contributed by atoms with Crippen molar-refractivity contribution in [3.8, 4) is 0 Å². The molecule has 0 aromatic heterocycles. The first-order valence-electron chi connectivity index (χ1n) is 4.77. The Bertz CT molecular complexity index is 344. The fourth-order valence-electron chi connectivity index (χ4n) is 1.45. The number of halogens is 1. The highest BCUT2D eigenvalue weighted by molar-refractivity contribution is 5.68. The van der Waals surface area contributed by atoms with Gasteiger partial charge >= 0.3 is 0 Å². The van der Waals surface area contributed by atoms with Gasteiger partial charge < -0.3 is 0 Å². The second kappa shape index (κ2) is 4.75. The minimum absolute atomic E-state index is 0.196. The van der Waals surface area contributed by atoms with Crippen molar-refractivity contribution in [2.24, 2.45) is 0 Å². The Labute approximate surface area is 84.8 Å². The van der Waals surface area contributed by atoms with E-state index >= 15 is 0 Å². The van der Waals surface area contributed by atoms with Crippen molar-refractivity contribution in [3.63, 3.8) is 0 Å². The summed E-state index contributed by atoms with van der Waals surface area (Å²) < 4.78 is 12.7. The average Bonchev–Trinajstić information content (AvgIpc) is 2.20. The molecule has 1 rings (SSSR count). The van der Waals surface area contributed by atoms with Crippen LogP contribution in [0.1, 0.15) is 25.8 Å². The third-order valence-electron chi connectivity index (χ3n) is 2.39. The van der Waals surface area contributed by atoms with Crippen molar-refractivity contribution in [2.45, 2.75) is 20.3 Å². The van der Waals surface area contributed by atoms with Crippen LogP contribution in [0.3, 0.4) is 0 Å². The Morgan fingerprint density at radius 3 is 2.36 bits per heavy atom. The van der Waals surface area contributed by atoms with E-state index in [1.165, 1.54) is 23.3 Å². The van der Waals surface area contributed by atoms with Gasteiger partial charge in [-0.05, 0) is 42.2 Å². The van der Waals surface area contributed by atoms with Crippen LogP contribution in [0.4, 0.5) is 4.39 Å². The lowest BCUT2D eigenvalue weighted by atomic mass is 10.00. The first-order valence-corrected chi connectivity index (χ1v) is 4.77. The number of allylic oxidation sites excluding steroid dienone is 3. The monoisotopic (exact) mass is 190 g/mol. The van der Waals surface area contributed by atoms with E-state index in [9.17, 15) is 4.39 Å². The van der Waals surface area contributed by atoms with Gasteiger partial charge in [-0.15, -0.1) is 0 Å². The lowest BCUT2D eigenvalue weighted by Gasteiger charge is -2.06. The summed E-state index contributed by atoms with van der Waals surface area (Å²) in [7, 11) is 0. The second-order valence-corrected chi connectivity index (χ2v) is 3.21. The zero-order chi connectivity index (χ0) is 10.6. The Kier molecular flexibility index (Phi) is 3.63. The van der Waals surface area contributed by atoms with Crippen LogP contribution in [0.15, 0.2) is 42.5 Å². The Balaban J connectivity index is 3.10. The molecule has 0 spiro atoms. The molecule has 0 saturated carbocycles. The van der Waals surface area contributed by atoms with Gasteiger partial charge in [0.15, 0.2) is 0 Å². The Morgan fingerprint density at radius 1 is 1.36 bits per heavy atom. The van der Waals surface area contributed by atoms with Gasteiger partial charge in [-0.2, -0.15) is 0 Å². The fourth-order valence-corrected chi connectivity index (χ4v) is 1.45. The number of benzene rings is 1. The molecule has 0 heterocycles. The molecule has 0 N–H and O–H groups in total. The molecule has 1 aromatic rings. The molecule has 0 amide bonds. The van der Waals surface area contributed by atoms with Crippen LogP contribution in [0.25, 0.3) is 5.57 Å². The van der Waals surface area contributed by atoms with Crippen LogP contribution < -0.4 is 0 Å². The minimum atomic E-state index is -0.196. The molecule has 0 unspecified atom stereocenters. The van der Waals surface area contributed by atoms with Crippen LogP contribution in [-0.2, 0) is 0 Å². The van der Waals surface area contributed by atoms with Gasteiger partial charge in [0, 0.05) is 0 Å². The van der Waals surface area contributed by atoms with E-state index in [0.29, 0.717) is 0 Å². The molecule has 0 saturated heterocycles. The lowest BCUT2D eigenvalue weighted by Crippen LogP contribution is -1.85. The predicted molar refractivity (Wildman–Crippen MR) is 59.5 cm³/mol. The predicted octanol–water partition coefficient (Wildman–Crippen LogP) is 4.20. The molecular formula is C13H15F. The van der Waals surface area contributed by atoms with E-state index in [2.05, 4.69) is 13.5 Å². The highest BCUT2D eigenvalue weighted by atomic mass is 19.1. The third-order valence-corrected chi connectivity index (χ3v) is 2.39. The minimum Gasteiger partial charge on any atom is -0.207 e. The maximum atomic E-state index is 12.7. The molecule has 1 aromatic carbocycles. The summed E-state index contributed by atoms with van der Waals surface area (Å²) in [6.45, 7) is 7.89. The maximum absolute atomic E-state index is 12.7. The van der Waals surface area contributed by atoms with Crippen LogP contribution in [-0.4, -0.2) is 0 Å². The summed E-state index contributed by atoms with van der Waals surface area (Å²) in [6.07, 6.45) is 2.81. The molecule has 0 atom stereocenters. The molecular weight excluding hydrogens is 175 g/mol. The third kappa shape index (κ3) is 2.32. The molecule has 0 nitrogen and oxygen atoms in total. The van der Waals surface area contributed by atoms with E-state index in [1.807, 2.05) is 13.0 Å². The highest BCUT2D eigenvalue weighted by Crippen LogP contribution is 2.20. The number of hydrogen-bond acceptors (Lipinski definition) is 0. The van der Waals surface area contributed by atoms with Gasteiger partial charge in [0.1, 0.15) is 5.82 Å².